The fourth-order valence-corrected chi connectivity index (χ4v) is 2.97. The molecule has 0 bridgehead atoms. The molecule has 3 nitrogen and oxygen atoms in total. The van der Waals surface area contributed by atoms with E-state index < -0.39 is 0 Å². The van der Waals surface area contributed by atoms with Crippen LogP contribution in [-0.4, -0.2) is 50.8 Å². The Morgan fingerprint density at radius 3 is 2.37 bits per heavy atom. The van der Waals surface area contributed by atoms with Crippen LogP contribution in [-0.2, 0) is 4.74 Å². The number of rotatable bonds is 10. The highest BCUT2D eigenvalue weighted by molar-refractivity contribution is 4.88. The molecule has 0 aliphatic carbocycles. The van der Waals surface area contributed by atoms with E-state index in [1.54, 1.807) is 0 Å². The zero-order chi connectivity index (χ0) is 14.1. The second-order valence-electron chi connectivity index (χ2n) is 6.60. The molecule has 0 spiro atoms. The molecule has 0 saturated carbocycles. The van der Waals surface area contributed by atoms with Crippen LogP contribution in [0.5, 0.6) is 0 Å². The first-order valence-electron chi connectivity index (χ1n) is 8.12. The van der Waals surface area contributed by atoms with Crippen molar-refractivity contribution in [1.29, 1.82) is 0 Å². The van der Waals surface area contributed by atoms with E-state index in [4.69, 9.17) is 4.74 Å². The van der Waals surface area contributed by atoms with Crippen LogP contribution < -0.4 is 5.32 Å². The second-order valence-corrected chi connectivity index (χ2v) is 6.60. The molecule has 1 aliphatic heterocycles. The van der Waals surface area contributed by atoms with Crippen molar-refractivity contribution in [1.82, 2.24) is 10.2 Å². The maximum absolute atomic E-state index is 5.71. The summed E-state index contributed by atoms with van der Waals surface area (Å²) in [7, 11) is 0. The van der Waals surface area contributed by atoms with Crippen LogP contribution in [0.2, 0.25) is 0 Å². The maximum atomic E-state index is 5.71. The highest BCUT2D eigenvalue weighted by atomic mass is 16.5. The molecule has 1 fully saturated rings. The summed E-state index contributed by atoms with van der Waals surface area (Å²) in [6, 6.07) is 0. The molecule has 1 saturated heterocycles. The normalized spacial score (nSPS) is 23.7. The lowest BCUT2D eigenvalue weighted by atomic mass is 9.86. The third-order valence-electron chi connectivity index (χ3n) is 3.88. The highest BCUT2D eigenvalue weighted by Crippen LogP contribution is 2.29. The summed E-state index contributed by atoms with van der Waals surface area (Å²) in [5.74, 6) is 0.724. The van der Waals surface area contributed by atoms with Gasteiger partial charge in [-0.25, -0.2) is 0 Å². The Balaban J connectivity index is 2.49. The number of hydrogen-bond donors (Lipinski definition) is 1. The van der Waals surface area contributed by atoms with Crippen LogP contribution in [0.15, 0.2) is 0 Å². The molecule has 0 amide bonds. The molecule has 0 radical (unpaired) electrons. The van der Waals surface area contributed by atoms with Crippen LogP contribution >= 0.6 is 0 Å². The summed E-state index contributed by atoms with van der Waals surface area (Å²) < 4.78 is 5.71. The van der Waals surface area contributed by atoms with E-state index in [9.17, 15) is 0 Å². The van der Waals surface area contributed by atoms with Gasteiger partial charge in [0.25, 0.3) is 0 Å². The number of hydrogen-bond acceptors (Lipinski definition) is 3. The Bertz CT molecular complexity index is 219. The third-order valence-corrected chi connectivity index (χ3v) is 3.88. The molecule has 1 unspecified atom stereocenters. The van der Waals surface area contributed by atoms with Crippen LogP contribution in [0, 0.1) is 11.3 Å². The Morgan fingerprint density at radius 2 is 1.89 bits per heavy atom. The second kappa shape index (κ2) is 8.93. The van der Waals surface area contributed by atoms with E-state index in [-0.39, 0.29) is 0 Å². The molecule has 0 aromatic carbocycles. The molecular formula is C16H34N2O. The Hall–Kier alpha value is -0.120. The van der Waals surface area contributed by atoms with Crippen LogP contribution in [0.1, 0.15) is 47.0 Å². The largest absolute Gasteiger partial charge is 0.381 e. The van der Waals surface area contributed by atoms with Gasteiger partial charge in [0.1, 0.15) is 0 Å². The van der Waals surface area contributed by atoms with Gasteiger partial charge in [-0.2, -0.15) is 0 Å². The molecule has 1 rings (SSSR count). The van der Waals surface area contributed by atoms with Gasteiger partial charge in [-0.3, -0.25) is 0 Å². The summed E-state index contributed by atoms with van der Waals surface area (Å²) >= 11 is 0. The Labute approximate surface area is 120 Å². The summed E-state index contributed by atoms with van der Waals surface area (Å²) in [4.78, 5) is 2.63. The van der Waals surface area contributed by atoms with Gasteiger partial charge >= 0.3 is 0 Å². The van der Waals surface area contributed by atoms with Gasteiger partial charge in [0.15, 0.2) is 0 Å². The molecule has 19 heavy (non-hydrogen) atoms. The van der Waals surface area contributed by atoms with Gasteiger partial charge in [-0.15, -0.1) is 0 Å². The van der Waals surface area contributed by atoms with Gasteiger partial charge in [0.05, 0.1) is 6.61 Å². The van der Waals surface area contributed by atoms with E-state index in [1.807, 2.05) is 0 Å². The van der Waals surface area contributed by atoms with Crippen molar-refractivity contribution in [3.8, 4) is 0 Å². The number of nitrogens with one attached hydrogen (secondary N) is 1. The van der Waals surface area contributed by atoms with Crippen LogP contribution in [0.25, 0.3) is 0 Å². The molecule has 0 aromatic rings. The fourth-order valence-electron chi connectivity index (χ4n) is 2.97. The lowest BCUT2D eigenvalue weighted by molar-refractivity contribution is 0.107. The van der Waals surface area contributed by atoms with E-state index in [0.717, 1.165) is 32.2 Å². The highest BCUT2D eigenvalue weighted by Gasteiger charge is 2.36. The smallest absolute Gasteiger partial charge is 0.0547 e. The molecule has 1 heterocycles. The molecule has 114 valence electrons. The fraction of sp³-hybridized carbons (Fsp3) is 1.00. The van der Waals surface area contributed by atoms with Crippen molar-refractivity contribution in [2.45, 2.75) is 47.0 Å². The van der Waals surface area contributed by atoms with Crippen molar-refractivity contribution in [2.24, 2.45) is 11.3 Å². The van der Waals surface area contributed by atoms with Crippen molar-refractivity contribution >= 4 is 0 Å². The monoisotopic (exact) mass is 270 g/mol. The van der Waals surface area contributed by atoms with Crippen molar-refractivity contribution < 1.29 is 4.74 Å². The summed E-state index contributed by atoms with van der Waals surface area (Å²) in [6.07, 6.45) is 3.70. The molecule has 3 heteroatoms. The standard InChI is InChI=1S/C16H34N2O/c1-5-8-18(9-6-2)13-16(7-10-19-14-16)12-17-11-15(3)4/h15,17H,5-14H2,1-4H3. The SMILES string of the molecule is CCCN(CCC)CC1(CNCC(C)C)CCOC1. The molecular weight excluding hydrogens is 236 g/mol. The molecule has 0 aromatic heterocycles. The Kier molecular flexibility index (Phi) is 7.96. The van der Waals surface area contributed by atoms with E-state index in [1.165, 1.54) is 38.9 Å². The van der Waals surface area contributed by atoms with Gasteiger partial charge in [0.2, 0.25) is 0 Å². The molecule has 1 atom stereocenters. The summed E-state index contributed by atoms with van der Waals surface area (Å²) in [5, 5.41) is 3.65. The minimum Gasteiger partial charge on any atom is -0.381 e. The predicted molar refractivity (Wildman–Crippen MR) is 82.6 cm³/mol. The average molecular weight is 270 g/mol. The first kappa shape index (κ1) is 16.9. The van der Waals surface area contributed by atoms with Crippen molar-refractivity contribution in [3.63, 3.8) is 0 Å². The number of nitrogens with zero attached hydrogens (tertiary/aromatic N) is 1. The first-order chi connectivity index (χ1) is 9.12. The third kappa shape index (κ3) is 6.24. The zero-order valence-corrected chi connectivity index (χ0v) is 13.5. The first-order valence-corrected chi connectivity index (χ1v) is 8.12. The predicted octanol–water partition coefficient (Wildman–Crippen LogP) is 2.76. The average Bonchev–Trinajstić information content (AvgIpc) is 2.78. The minimum absolute atomic E-state index is 0.346. The van der Waals surface area contributed by atoms with Gasteiger partial charge in [-0.05, 0) is 44.8 Å². The Morgan fingerprint density at radius 1 is 1.21 bits per heavy atom. The van der Waals surface area contributed by atoms with Gasteiger partial charge < -0.3 is 15.0 Å². The van der Waals surface area contributed by atoms with E-state index in [0.29, 0.717) is 5.41 Å². The molecule has 1 N–H and O–H groups in total. The lowest BCUT2D eigenvalue weighted by Crippen LogP contribution is -2.45. The lowest BCUT2D eigenvalue weighted by Gasteiger charge is -2.34. The van der Waals surface area contributed by atoms with Crippen molar-refractivity contribution in [2.75, 3.05) is 45.9 Å². The van der Waals surface area contributed by atoms with Crippen LogP contribution in [0.4, 0.5) is 0 Å². The topological polar surface area (TPSA) is 24.5 Å². The van der Waals surface area contributed by atoms with Crippen molar-refractivity contribution in [3.05, 3.63) is 0 Å². The zero-order valence-electron chi connectivity index (χ0n) is 13.5. The van der Waals surface area contributed by atoms with E-state index >= 15 is 0 Å². The molecule has 1 aliphatic rings. The number of ether oxygens (including phenoxy) is 1. The maximum Gasteiger partial charge on any atom is 0.0547 e. The summed E-state index contributed by atoms with van der Waals surface area (Å²) in [5.41, 5.74) is 0.346. The summed E-state index contributed by atoms with van der Waals surface area (Å²) in [6.45, 7) is 16.8. The minimum atomic E-state index is 0.346. The van der Waals surface area contributed by atoms with E-state index in [2.05, 4.69) is 37.9 Å². The van der Waals surface area contributed by atoms with Gasteiger partial charge in [0, 0.05) is 25.1 Å². The quantitative estimate of drug-likeness (QED) is 0.660. The van der Waals surface area contributed by atoms with Crippen LogP contribution in [0.3, 0.4) is 0 Å². The van der Waals surface area contributed by atoms with Gasteiger partial charge in [-0.1, -0.05) is 27.7 Å².